The predicted octanol–water partition coefficient (Wildman–Crippen LogP) is 16.7. The number of hydrogen-bond donors (Lipinski definition) is 0. The third kappa shape index (κ3) is 18.2. The SMILES string of the molecule is C/C=C(C)\C=C(\C)CC.Cc1ccc(/C=C/c2ccc(/C=C/c3ccc(C)cc3)cc2)cc1.Cc1cccc(C(C)c2cccc(C)c2)c1.Cc1cccc(C)c1. The highest BCUT2D eigenvalue weighted by molar-refractivity contribution is 5.73. The molecule has 0 radical (unpaired) electrons. The zero-order valence-electron chi connectivity index (χ0n) is 36.6. The summed E-state index contributed by atoms with van der Waals surface area (Å²) in [6.45, 7) is 23.5. The second-order valence-electron chi connectivity index (χ2n) is 15.2. The van der Waals surface area contributed by atoms with Gasteiger partial charge < -0.3 is 0 Å². The van der Waals surface area contributed by atoms with Crippen molar-refractivity contribution in [2.24, 2.45) is 0 Å². The summed E-state index contributed by atoms with van der Waals surface area (Å²) in [5.74, 6) is 0.472. The monoisotopic (exact) mass is 751 g/mol. The minimum atomic E-state index is 0.472. The topological polar surface area (TPSA) is 0 Å². The maximum Gasteiger partial charge on any atom is 0.00612 e. The fourth-order valence-electron chi connectivity index (χ4n) is 5.91. The van der Waals surface area contributed by atoms with E-state index in [0.717, 1.165) is 6.42 Å². The standard InChI is InChI=1S/C24H22.C16H18.C9H16.C8H10/c1-19-3-7-21(8-4-19)11-13-23-15-17-24(18-16-23)14-12-22-9-5-20(2)6-10-22;1-12-6-4-8-15(10-12)14(3)16-9-5-7-13(2)11-16;1-5-8(3)7-9(4)6-2;1-7-4-3-5-8(2)6-7/h3-18H,1-2H3;4-11,14H,1-3H3;5,7H,6H2,1-4H3;3-6H,1-2H3/b13-11+,14-12+;;8-5-,9-7-;. The lowest BCUT2D eigenvalue weighted by atomic mass is 9.91. The highest BCUT2D eigenvalue weighted by atomic mass is 14.1. The molecule has 0 heterocycles. The van der Waals surface area contributed by atoms with Crippen LogP contribution < -0.4 is 0 Å². The zero-order valence-corrected chi connectivity index (χ0v) is 36.6. The predicted molar refractivity (Wildman–Crippen MR) is 256 cm³/mol. The normalized spacial score (nSPS) is 11.4. The van der Waals surface area contributed by atoms with Gasteiger partial charge in [0.15, 0.2) is 0 Å². The quantitative estimate of drug-likeness (QED) is 0.107. The number of hydrogen-bond acceptors (Lipinski definition) is 0. The van der Waals surface area contributed by atoms with Crippen molar-refractivity contribution in [1.82, 2.24) is 0 Å². The van der Waals surface area contributed by atoms with Gasteiger partial charge in [-0.15, -0.1) is 0 Å². The van der Waals surface area contributed by atoms with E-state index in [4.69, 9.17) is 0 Å². The highest BCUT2D eigenvalue weighted by Gasteiger charge is 2.08. The number of allylic oxidation sites excluding steroid dienone is 4. The molecule has 294 valence electrons. The minimum Gasteiger partial charge on any atom is -0.0847 e. The first-order valence-electron chi connectivity index (χ1n) is 20.4. The molecule has 0 bridgehead atoms. The molecule has 0 aliphatic rings. The molecule has 0 N–H and O–H groups in total. The Kier molecular flexibility index (Phi) is 19.8. The third-order valence-corrected chi connectivity index (χ3v) is 9.77. The van der Waals surface area contributed by atoms with Gasteiger partial charge >= 0.3 is 0 Å². The fraction of sp³-hybridized carbons (Fsp3) is 0.228. The van der Waals surface area contributed by atoms with Crippen LogP contribution in [0.2, 0.25) is 0 Å². The van der Waals surface area contributed by atoms with E-state index in [1.54, 1.807) is 0 Å². The van der Waals surface area contributed by atoms with Crippen LogP contribution in [-0.4, -0.2) is 0 Å². The van der Waals surface area contributed by atoms with Crippen LogP contribution in [0.3, 0.4) is 0 Å². The highest BCUT2D eigenvalue weighted by Crippen LogP contribution is 2.25. The van der Waals surface area contributed by atoms with Crippen LogP contribution in [0.4, 0.5) is 0 Å². The Hall–Kier alpha value is -5.72. The van der Waals surface area contributed by atoms with Crippen molar-refractivity contribution >= 4 is 24.3 Å². The maximum absolute atomic E-state index is 2.27. The van der Waals surface area contributed by atoms with Gasteiger partial charge in [0.2, 0.25) is 0 Å². The molecule has 57 heavy (non-hydrogen) atoms. The van der Waals surface area contributed by atoms with Crippen molar-refractivity contribution < 1.29 is 0 Å². The Morgan fingerprint density at radius 3 is 1.04 bits per heavy atom. The van der Waals surface area contributed by atoms with Gasteiger partial charge in [0.25, 0.3) is 0 Å². The first kappa shape index (κ1) is 45.7. The summed E-state index contributed by atoms with van der Waals surface area (Å²) >= 11 is 0. The third-order valence-electron chi connectivity index (χ3n) is 9.77. The number of benzene rings is 6. The lowest BCUT2D eigenvalue weighted by Gasteiger charge is -2.13. The van der Waals surface area contributed by atoms with Crippen molar-refractivity contribution in [3.05, 3.63) is 236 Å². The van der Waals surface area contributed by atoms with Gasteiger partial charge in [-0.05, 0) is 102 Å². The number of rotatable bonds is 8. The van der Waals surface area contributed by atoms with E-state index >= 15 is 0 Å². The zero-order chi connectivity index (χ0) is 41.6. The van der Waals surface area contributed by atoms with E-state index in [9.17, 15) is 0 Å². The first-order valence-corrected chi connectivity index (χ1v) is 20.4. The van der Waals surface area contributed by atoms with E-state index in [0.29, 0.717) is 5.92 Å². The smallest absolute Gasteiger partial charge is 0.00612 e. The van der Waals surface area contributed by atoms with Crippen LogP contribution in [-0.2, 0) is 0 Å². The van der Waals surface area contributed by atoms with Crippen LogP contribution in [0.1, 0.15) is 114 Å². The van der Waals surface area contributed by atoms with E-state index in [1.807, 2.05) is 0 Å². The summed E-state index contributed by atoms with van der Waals surface area (Å²) in [6.07, 6.45) is 14.1. The van der Waals surface area contributed by atoms with Gasteiger partial charge in [-0.3, -0.25) is 0 Å². The van der Waals surface area contributed by atoms with Crippen LogP contribution >= 0.6 is 0 Å². The van der Waals surface area contributed by atoms with Crippen molar-refractivity contribution in [2.45, 2.75) is 88.5 Å². The van der Waals surface area contributed by atoms with Crippen molar-refractivity contribution in [1.29, 1.82) is 0 Å². The maximum atomic E-state index is 2.27. The van der Waals surface area contributed by atoms with Crippen LogP contribution in [0.15, 0.2) is 169 Å². The second-order valence-corrected chi connectivity index (χ2v) is 15.2. The average Bonchev–Trinajstić information content (AvgIpc) is 3.21. The lowest BCUT2D eigenvalue weighted by molar-refractivity contribution is 0.918. The molecule has 0 aliphatic heterocycles. The summed E-state index contributed by atoms with van der Waals surface area (Å²) in [7, 11) is 0. The first-order chi connectivity index (χ1) is 27.3. The van der Waals surface area contributed by atoms with Gasteiger partial charge in [-0.2, -0.15) is 0 Å². The van der Waals surface area contributed by atoms with Crippen LogP contribution in [0.25, 0.3) is 24.3 Å². The Labute approximate surface area is 347 Å². The second kappa shape index (κ2) is 24.7. The summed E-state index contributed by atoms with van der Waals surface area (Å²) in [5.41, 5.74) is 18.4. The summed E-state index contributed by atoms with van der Waals surface area (Å²) < 4.78 is 0. The Morgan fingerprint density at radius 2 is 0.754 bits per heavy atom. The molecule has 0 aromatic heterocycles. The van der Waals surface area contributed by atoms with Crippen molar-refractivity contribution in [3.8, 4) is 0 Å². The van der Waals surface area contributed by atoms with Crippen LogP contribution in [0.5, 0.6) is 0 Å². The van der Waals surface area contributed by atoms with E-state index in [-0.39, 0.29) is 0 Å². The number of aryl methyl sites for hydroxylation is 6. The largest absolute Gasteiger partial charge is 0.0847 e. The summed E-state index contributed by atoms with van der Waals surface area (Å²) in [6, 6.07) is 51.7. The Morgan fingerprint density at radius 1 is 0.439 bits per heavy atom. The molecule has 0 saturated heterocycles. The molecule has 0 aliphatic carbocycles. The summed E-state index contributed by atoms with van der Waals surface area (Å²) in [4.78, 5) is 0. The average molecular weight is 751 g/mol. The van der Waals surface area contributed by atoms with Gasteiger partial charge in [-0.1, -0.05) is 240 Å². The molecule has 6 aromatic rings. The Balaban J connectivity index is 0.000000226. The molecular formula is C57H66. The minimum absolute atomic E-state index is 0.472. The molecule has 0 saturated carbocycles. The van der Waals surface area contributed by atoms with E-state index in [1.165, 1.54) is 77.9 Å². The molecule has 6 rings (SSSR count). The van der Waals surface area contributed by atoms with Crippen LogP contribution in [0, 0.1) is 41.5 Å². The van der Waals surface area contributed by atoms with Gasteiger partial charge in [-0.25, -0.2) is 0 Å². The van der Waals surface area contributed by atoms with E-state index in [2.05, 4.69) is 258 Å². The molecule has 0 fully saturated rings. The summed E-state index contributed by atoms with van der Waals surface area (Å²) in [5, 5.41) is 0. The molecule has 0 amide bonds. The molecular weight excluding hydrogens is 685 g/mol. The van der Waals surface area contributed by atoms with Gasteiger partial charge in [0.05, 0.1) is 0 Å². The molecule has 0 unspecified atom stereocenters. The van der Waals surface area contributed by atoms with Crippen molar-refractivity contribution in [2.75, 3.05) is 0 Å². The Bertz CT molecular complexity index is 2050. The lowest BCUT2D eigenvalue weighted by Crippen LogP contribution is -1.96. The molecule has 0 spiro atoms. The molecule has 0 atom stereocenters. The van der Waals surface area contributed by atoms with Gasteiger partial charge in [0, 0.05) is 5.92 Å². The molecule has 0 nitrogen and oxygen atoms in total. The molecule has 6 aromatic carbocycles. The fourth-order valence-corrected chi connectivity index (χ4v) is 5.91. The van der Waals surface area contributed by atoms with Gasteiger partial charge in [0.1, 0.15) is 0 Å². The van der Waals surface area contributed by atoms with Crippen molar-refractivity contribution in [3.63, 3.8) is 0 Å². The molecule has 0 heteroatoms. The van der Waals surface area contributed by atoms with E-state index < -0.39 is 0 Å².